The number of hydrogen-bond donors (Lipinski definition) is 1. The minimum absolute atomic E-state index is 0.203. The number of carbonyl (C=O) groups excluding carboxylic acids is 1. The molecule has 0 bridgehead atoms. The van der Waals surface area contributed by atoms with Crippen molar-refractivity contribution >= 4 is 11.7 Å². The molecule has 0 radical (unpaired) electrons. The lowest BCUT2D eigenvalue weighted by atomic mass is 9.83. The Balaban J connectivity index is 2.26. The van der Waals surface area contributed by atoms with Crippen LogP contribution in [-0.4, -0.2) is 50.3 Å². The molecule has 5 heteroatoms. The van der Waals surface area contributed by atoms with Crippen molar-refractivity contribution in [2.24, 2.45) is 0 Å². The summed E-state index contributed by atoms with van der Waals surface area (Å²) in [5.41, 5.74) is 0.198. The minimum Gasteiger partial charge on any atom is -0.497 e. The molecular formula is C16H24N2O3. The molecule has 1 N–H and O–H groups in total. The molecule has 0 aromatic heterocycles. The Morgan fingerprint density at radius 1 is 1.43 bits per heavy atom. The molecule has 1 aromatic carbocycles. The number of piperidine rings is 1. The maximum atomic E-state index is 12.4. The number of anilines is 1. The van der Waals surface area contributed by atoms with Gasteiger partial charge in [0.1, 0.15) is 11.3 Å². The first kappa shape index (κ1) is 15.6. The summed E-state index contributed by atoms with van der Waals surface area (Å²) >= 11 is 0. The highest BCUT2D eigenvalue weighted by Crippen LogP contribution is 2.32. The summed E-state index contributed by atoms with van der Waals surface area (Å²) in [6.07, 6.45) is 1.44. The van der Waals surface area contributed by atoms with Crippen molar-refractivity contribution in [3.63, 3.8) is 0 Å². The second kappa shape index (κ2) is 6.35. The number of esters is 1. The molecule has 2 rings (SSSR count). The van der Waals surface area contributed by atoms with Crippen molar-refractivity contribution in [3.05, 3.63) is 24.3 Å². The van der Waals surface area contributed by atoms with Crippen molar-refractivity contribution in [1.29, 1.82) is 0 Å². The summed E-state index contributed by atoms with van der Waals surface area (Å²) < 4.78 is 10.3. The van der Waals surface area contributed by atoms with Gasteiger partial charge >= 0.3 is 5.97 Å². The fourth-order valence-electron chi connectivity index (χ4n) is 2.87. The molecule has 0 amide bonds. The van der Waals surface area contributed by atoms with Gasteiger partial charge in [-0.2, -0.15) is 0 Å². The zero-order valence-corrected chi connectivity index (χ0v) is 13.2. The van der Waals surface area contributed by atoms with Gasteiger partial charge in [-0.15, -0.1) is 0 Å². The first-order valence-electron chi connectivity index (χ1n) is 7.21. The van der Waals surface area contributed by atoms with Crippen LogP contribution in [0.2, 0.25) is 0 Å². The van der Waals surface area contributed by atoms with Crippen LogP contribution in [0.15, 0.2) is 24.3 Å². The van der Waals surface area contributed by atoms with Crippen molar-refractivity contribution < 1.29 is 14.3 Å². The third-order valence-corrected chi connectivity index (χ3v) is 4.32. The van der Waals surface area contributed by atoms with Crippen LogP contribution < -0.4 is 10.1 Å². The van der Waals surface area contributed by atoms with E-state index in [-0.39, 0.29) is 5.97 Å². The van der Waals surface area contributed by atoms with Gasteiger partial charge < -0.3 is 19.7 Å². The lowest BCUT2D eigenvalue weighted by molar-refractivity contribution is -0.148. The Morgan fingerprint density at radius 2 is 2.19 bits per heavy atom. The number of likely N-dealkylation sites (tertiary alicyclic amines) is 1. The molecule has 1 aromatic rings. The highest BCUT2D eigenvalue weighted by molar-refractivity contribution is 5.85. The standard InChI is InChI=1S/C16H24N2O3/c1-12-11-16(15(19)21-4,8-9-18(12)2)17-13-6-5-7-14(10-13)20-3/h5-7,10,12,17H,8-9,11H2,1-4H3. The molecule has 0 spiro atoms. The number of nitrogens with one attached hydrogen (secondary N) is 1. The summed E-state index contributed by atoms with van der Waals surface area (Å²) in [6.45, 7) is 2.98. The number of ether oxygens (including phenoxy) is 2. The molecule has 1 saturated heterocycles. The van der Waals surface area contributed by atoms with Gasteiger partial charge in [0.25, 0.3) is 0 Å². The second-order valence-corrected chi connectivity index (χ2v) is 5.71. The van der Waals surface area contributed by atoms with Crippen LogP contribution in [0, 0.1) is 0 Å². The van der Waals surface area contributed by atoms with E-state index in [1.807, 2.05) is 24.3 Å². The van der Waals surface area contributed by atoms with Gasteiger partial charge in [-0.25, -0.2) is 4.79 Å². The molecule has 0 aliphatic carbocycles. The second-order valence-electron chi connectivity index (χ2n) is 5.71. The fourth-order valence-corrected chi connectivity index (χ4v) is 2.87. The van der Waals surface area contributed by atoms with Crippen molar-refractivity contribution in [1.82, 2.24) is 4.90 Å². The van der Waals surface area contributed by atoms with Crippen molar-refractivity contribution in [3.8, 4) is 5.75 Å². The average molecular weight is 292 g/mol. The first-order valence-corrected chi connectivity index (χ1v) is 7.21. The Bertz CT molecular complexity index is 506. The lowest BCUT2D eigenvalue weighted by Gasteiger charge is -2.43. The third-order valence-electron chi connectivity index (χ3n) is 4.32. The number of benzene rings is 1. The predicted octanol–water partition coefficient (Wildman–Crippen LogP) is 2.13. The average Bonchev–Trinajstić information content (AvgIpc) is 2.50. The normalized spacial score (nSPS) is 26.2. The smallest absolute Gasteiger partial charge is 0.331 e. The minimum atomic E-state index is -0.674. The van der Waals surface area contributed by atoms with E-state index in [1.54, 1.807) is 7.11 Å². The predicted molar refractivity (Wildman–Crippen MR) is 82.7 cm³/mol. The van der Waals surface area contributed by atoms with Crippen LogP contribution in [0.25, 0.3) is 0 Å². The molecule has 1 aliphatic heterocycles. The summed E-state index contributed by atoms with van der Waals surface area (Å²) in [6, 6.07) is 7.94. The van der Waals surface area contributed by atoms with E-state index >= 15 is 0 Å². The summed E-state index contributed by atoms with van der Waals surface area (Å²) in [7, 11) is 5.16. The summed E-state index contributed by atoms with van der Waals surface area (Å²) in [5.74, 6) is 0.561. The Labute approximate surface area is 126 Å². The maximum absolute atomic E-state index is 12.4. The molecule has 5 nitrogen and oxygen atoms in total. The highest BCUT2D eigenvalue weighted by Gasteiger charge is 2.44. The van der Waals surface area contributed by atoms with Gasteiger partial charge in [0.2, 0.25) is 0 Å². The molecule has 2 unspecified atom stereocenters. The number of rotatable bonds is 4. The van der Waals surface area contributed by atoms with E-state index in [0.717, 1.165) is 24.4 Å². The van der Waals surface area contributed by atoms with E-state index in [9.17, 15) is 4.79 Å². The molecule has 1 fully saturated rings. The topological polar surface area (TPSA) is 50.8 Å². The molecular weight excluding hydrogens is 268 g/mol. The molecule has 116 valence electrons. The van der Waals surface area contributed by atoms with Crippen LogP contribution in [-0.2, 0) is 9.53 Å². The van der Waals surface area contributed by atoms with E-state index in [2.05, 4.69) is 24.2 Å². The first-order chi connectivity index (χ1) is 10.0. The molecule has 21 heavy (non-hydrogen) atoms. The maximum Gasteiger partial charge on any atom is 0.331 e. The fraction of sp³-hybridized carbons (Fsp3) is 0.562. The third kappa shape index (κ3) is 3.29. The number of nitrogens with zero attached hydrogens (tertiary/aromatic N) is 1. The Hall–Kier alpha value is -1.75. The van der Waals surface area contributed by atoms with Gasteiger partial charge in [0, 0.05) is 24.3 Å². The van der Waals surface area contributed by atoms with Gasteiger partial charge in [-0.3, -0.25) is 0 Å². The van der Waals surface area contributed by atoms with E-state index < -0.39 is 5.54 Å². The monoisotopic (exact) mass is 292 g/mol. The SMILES string of the molecule is COC(=O)C1(Nc2cccc(OC)c2)CCN(C)C(C)C1. The number of carbonyl (C=O) groups is 1. The van der Waals surface area contributed by atoms with Crippen LogP contribution in [0.5, 0.6) is 5.75 Å². The molecule has 1 aliphatic rings. The van der Waals surface area contributed by atoms with Crippen LogP contribution in [0.4, 0.5) is 5.69 Å². The summed E-state index contributed by atoms with van der Waals surface area (Å²) in [4.78, 5) is 14.6. The zero-order valence-electron chi connectivity index (χ0n) is 13.2. The highest BCUT2D eigenvalue weighted by atomic mass is 16.5. The van der Waals surface area contributed by atoms with Crippen LogP contribution >= 0.6 is 0 Å². The Morgan fingerprint density at radius 3 is 2.81 bits per heavy atom. The lowest BCUT2D eigenvalue weighted by Crippen LogP contribution is -2.57. The van der Waals surface area contributed by atoms with Gasteiger partial charge in [0.15, 0.2) is 0 Å². The molecule has 2 atom stereocenters. The van der Waals surface area contributed by atoms with Crippen molar-refractivity contribution in [2.75, 3.05) is 33.1 Å². The van der Waals surface area contributed by atoms with E-state index in [4.69, 9.17) is 9.47 Å². The number of methoxy groups -OCH3 is 2. The van der Waals surface area contributed by atoms with Crippen LogP contribution in [0.1, 0.15) is 19.8 Å². The van der Waals surface area contributed by atoms with Crippen molar-refractivity contribution in [2.45, 2.75) is 31.3 Å². The van der Waals surface area contributed by atoms with Gasteiger partial charge in [-0.1, -0.05) is 6.07 Å². The van der Waals surface area contributed by atoms with E-state index in [0.29, 0.717) is 12.5 Å². The Kier molecular flexibility index (Phi) is 4.73. The van der Waals surface area contributed by atoms with Gasteiger partial charge in [-0.05, 0) is 38.9 Å². The summed E-state index contributed by atoms with van der Waals surface area (Å²) in [5, 5.41) is 3.39. The van der Waals surface area contributed by atoms with Gasteiger partial charge in [0.05, 0.1) is 14.2 Å². The zero-order chi connectivity index (χ0) is 15.5. The number of hydrogen-bond acceptors (Lipinski definition) is 5. The largest absolute Gasteiger partial charge is 0.497 e. The van der Waals surface area contributed by atoms with E-state index in [1.165, 1.54) is 7.11 Å². The molecule has 1 heterocycles. The quantitative estimate of drug-likeness (QED) is 0.862. The molecule has 0 saturated carbocycles. The van der Waals surface area contributed by atoms with Crippen LogP contribution in [0.3, 0.4) is 0 Å².